The van der Waals surface area contributed by atoms with Crippen molar-refractivity contribution in [3.05, 3.63) is 35.9 Å². The van der Waals surface area contributed by atoms with Crippen LogP contribution in [0.3, 0.4) is 0 Å². The standard InChI is InChI=1S/C13H21NO2/c1-13(11-15,14-9-6-10-16-2)12-7-4-3-5-8-12/h3-5,7-8,14-15H,6,9-11H2,1-2H3. The van der Waals surface area contributed by atoms with Gasteiger partial charge in [0, 0.05) is 13.7 Å². The fourth-order valence-corrected chi connectivity index (χ4v) is 1.64. The van der Waals surface area contributed by atoms with Gasteiger partial charge in [0.15, 0.2) is 0 Å². The fourth-order valence-electron chi connectivity index (χ4n) is 1.64. The Morgan fingerprint density at radius 1 is 1.31 bits per heavy atom. The molecule has 1 aromatic rings. The van der Waals surface area contributed by atoms with Gasteiger partial charge in [-0.15, -0.1) is 0 Å². The molecule has 0 saturated heterocycles. The van der Waals surface area contributed by atoms with Crippen LogP contribution in [0.2, 0.25) is 0 Å². The first-order valence-electron chi connectivity index (χ1n) is 5.63. The molecule has 0 spiro atoms. The molecule has 0 bridgehead atoms. The summed E-state index contributed by atoms with van der Waals surface area (Å²) in [5.41, 5.74) is 0.740. The molecule has 1 unspecified atom stereocenters. The van der Waals surface area contributed by atoms with Gasteiger partial charge in [0.05, 0.1) is 12.1 Å². The molecule has 3 heteroatoms. The van der Waals surface area contributed by atoms with Crippen molar-refractivity contribution in [3.8, 4) is 0 Å². The quantitative estimate of drug-likeness (QED) is 0.689. The SMILES string of the molecule is COCCCNC(C)(CO)c1ccccc1. The summed E-state index contributed by atoms with van der Waals surface area (Å²) in [4.78, 5) is 0. The monoisotopic (exact) mass is 223 g/mol. The number of benzene rings is 1. The second-order valence-corrected chi connectivity index (χ2v) is 4.13. The summed E-state index contributed by atoms with van der Waals surface area (Å²) >= 11 is 0. The van der Waals surface area contributed by atoms with Crippen LogP contribution >= 0.6 is 0 Å². The number of aliphatic hydroxyl groups excluding tert-OH is 1. The fraction of sp³-hybridized carbons (Fsp3) is 0.538. The second-order valence-electron chi connectivity index (χ2n) is 4.13. The lowest BCUT2D eigenvalue weighted by molar-refractivity contribution is 0.161. The largest absolute Gasteiger partial charge is 0.394 e. The number of aliphatic hydroxyl groups is 1. The van der Waals surface area contributed by atoms with Crippen LogP contribution in [0.5, 0.6) is 0 Å². The molecular weight excluding hydrogens is 202 g/mol. The molecule has 0 amide bonds. The van der Waals surface area contributed by atoms with E-state index in [2.05, 4.69) is 5.32 Å². The molecule has 90 valence electrons. The second kappa shape index (κ2) is 6.63. The molecule has 0 heterocycles. The number of ether oxygens (including phenoxy) is 1. The van der Waals surface area contributed by atoms with E-state index in [4.69, 9.17) is 4.74 Å². The van der Waals surface area contributed by atoms with Crippen molar-refractivity contribution in [3.63, 3.8) is 0 Å². The Balaban J connectivity index is 2.56. The Hall–Kier alpha value is -0.900. The van der Waals surface area contributed by atoms with Crippen LogP contribution in [-0.4, -0.2) is 32.0 Å². The van der Waals surface area contributed by atoms with E-state index < -0.39 is 0 Å². The van der Waals surface area contributed by atoms with Crippen molar-refractivity contribution in [1.82, 2.24) is 5.32 Å². The molecule has 16 heavy (non-hydrogen) atoms. The first-order chi connectivity index (χ1) is 7.73. The first-order valence-corrected chi connectivity index (χ1v) is 5.63. The molecular formula is C13H21NO2. The van der Waals surface area contributed by atoms with Crippen LogP contribution in [0, 0.1) is 0 Å². The van der Waals surface area contributed by atoms with Crippen molar-refractivity contribution in [1.29, 1.82) is 0 Å². The van der Waals surface area contributed by atoms with E-state index >= 15 is 0 Å². The summed E-state index contributed by atoms with van der Waals surface area (Å²) in [6.07, 6.45) is 0.943. The summed E-state index contributed by atoms with van der Waals surface area (Å²) in [7, 11) is 1.70. The Labute approximate surface area is 97.4 Å². The summed E-state index contributed by atoms with van der Waals surface area (Å²) in [5.74, 6) is 0. The third-order valence-corrected chi connectivity index (χ3v) is 2.77. The predicted octanol–water partition coefficient (Wildman–Crippen LogP) is 1.52. The molecule has 0 aliphatic rings. The third-order valence-electron chi connectivity index (χ3n) is 2.77. The minimum absolute atomic E-state index is 0.0873. The molecule has 0 aromatic heterocycles. The van der Waals surface area contributed by atoms with Crippen molar-refractivity contribution in [2.45, 2.75) is 18.9 Å². The van der Waals surface area contributed by atoms with Gasteiger partial charge in [0.1, 0.15) is 0 Å². The zero-order chi connectivity index (χ0) is 11.9. The minimum atomic E-state index is -0.366. The van der Waals surface area contributed by atoms with Gasteiger partial charge < -0.3 is 15.2 Å². The molecule has 1 rings (SSSR count). The average molecular weight is 223 g/mol. The Morgan fingerprint density at radius 3 is 2.56 bits per heavy atom. The summed E-state index contributed by atoms with van der Waals surface area (Å²) in [6, 6.07) is 10.0. The van der Waals surface area contributed by atoms with Gasteiger partial charge >= 0.3 is 0 Å². The molecule has 0 fully saturated rings. The van der Waals surface area contributed by atoms with Crippen molar-refractivity contribution in [2.75, 3.05) is 26.9 Å². The van der Waals surface area contributed by atoms with Crippen molar-refractivity contribution >= 4 is 0 Å². The minimum Gasteiger partial charge on any atom is -0.394 e. The Bertz CT molecular complexity index is 289. The maximum Gasteiger partial charge on any atom is 0.0652 e. The van der Waals surface area contributed by atoms with Gasteiger partial charge in [-0.3, -0.25) is 0 Å². The first kappa shape index (κ1) is 13.2. The van der Waals surface area contributed by atoms with Crippen molar-refractivity contribution in [2.24, 2.45) is 0 Å². The van der Waals surface area contributed by atoms with Gasteiger partial charge in [0.2, 0.25) is 0 Å². The normalized spacial score (nSPS) is 14.7. The zero-order valence-electron chi connectivity index (χ0n) is 10.1. The molecule has 0 aliphatic carbocycles. The maximum atomic E-state index is 9.50. The number of hydrogen-bond donors (Lipinski definition) is 2. The predicted molar refractivity (Wildman–Crippen MR) is 65.4 cm³/mol. The van der Waals surface area contributed by atoms with Gasteiger partial charge in [-0.1, -0.05) is 30.3 Å². The average Bonchev–Trinajstić information content (AvgIpc) is 2.35. The summed E-state index contributed by atoms with van der Waals surface area (Å²) in [6.45, 7) is 3.67. The topological polar surface area (TPSA) is 41.5 Å². The third kappa shape index (κ3) is 3.59. The van der Waals surface area contributed by atoms with E-state index in [-0.39, 0.29) is 12.1 Å². The van der Waals surface area contributed by atoms with Crippen LogP contribution < -0.4 is 5.32 Å². The lowest BCUT2D eigenvalue weighted by Crippen LogP contribution is -2.43. The van der Waals surface area contributed by atoms with E-state index in [0.717, 1.165) is 25.1 Å². The van der Waals surface area contributed by atoms with Crippen LogP contribution in [0.15, 0.2) is 30.3 Å². The Kier molecular flexibility index (Phi) is 5.46. The highest BCUT2D eigenvalue weighted by Gasteiger charge is 2.24. The zero-order valence-corrected chi connectivity index (χ0v) is 10.1. The number of methoxy groups -OCH3 is 1. The van der Waals surface area contributed by atoms with Gasteiger partial charge in [-0.25, -0.2) is 0 Å². The van der Waals surface area contributed by atoms with E-state index in [1.165, 1.54) is 0 Å². The maximum absolute atomic E-state index is 9.50. The van der Waals surface area contributed by atoms with E-state index in [0.29, 0.717) is 0 Å². The lowest BCUT2D eigenvalue weighted by Gasteiger charge is -2.29. The van der Waals surface area contributed by atoms with Gasteiger partial charge in [-0.2, -0.15) is 0 Å². The lowest BCUT2D eigenvalue weighted by atomic mass is 9.93. The summed E-state index contributed by atoms with van der Waals surface area (Å²) in [5, 5.41) is 12.9. The molecule has 0 aliphatic heterocycles. The molecule has 3 nitrogen and oxygen atoms in total. The van der Waals surface area contributed by atoms with Crippen LogP contribution in [0.25, 0.3) is 0 Å². The van der Waals surface area contributed by atoms with Crippen LogP contribution in [-0.2, 0) is 10.3 Å². The van der Waals surface area contributed by atoms with Gasteiger partial charge in [-0.05, 0) is 25.5 Å². The molecule has 0 radical (unpaired) electrons. The van der Waals surface area contributed by atoms with Crippen molar-refractivity contribution < 1.29 is 9.84 Å². The van der Waals surface area contributed by atoms with Gasteiger partial charge in [0.25, 0.3) is 0 Å². The van der Waals surface area contributed by atoms with E-state index in [9.17, 15) is 5.11 Å². The van der Waals surface area contributed by atoms with Crippen LogP contribution in [0.4, 0.5) is 0 Å². The summed E-state index contributed by atoms with van der Waals surface area (Å²) < 4.78 is 4.99. The molecule has 1 aromatic carbocycles. The number of hydrogen-bond acceptors (Lipinski definition) is 3. The smallest absolute Gasteiger partial charge is 0.0652 e. The highest BCUT2D eigenvalue weighted by atomic mass is 16.5. The van der Waals surface area contributed by atoms with E-state index in [1.54, 1.807) is 7.11 Å². The number of nitrogens with one attached hydrogen (secondary N) is 1. The molecule has 1 atom stereocenters. The highest BCUT2D eigenvalue weighted by molar-refractivity contribution is 5.23. The number of rotatable bonds is 7. The highest BCUT2D eigenvalue weighted by Crippen LogP contribution is 2.19. The Morgan fingerprint density at radius 2 is 2.00 bits per heavy atom. The molecule has 2 N–H and O–H groups in total. The molecule has 0 saturated carbocycles. The van der Waals surface area contributed by atoms with Crippen LogP contribution in [0.1, 0.15) is 18.9 Å². The van der Waals surface area contributed by atoms with E-state index in [1.807, 2.05) is 37.3 Å².